The highest BCUT2D eigenvalue weighted by Crippen LogP contribution is 2.30. The van der Waals surface area contributed by atoms with Crippen LogP contribution in [0.2, 0.25) is 5.02 Å². The summed E-state index contributed by atoms with van der Waals surface area (Å²) >= 11 is 5.74. The molecule has 5 heteroatoms. The third-order valence-electron chi connectivity index (χ3n) is 2.94. The summed E-state index contributed by atoms with van der Waals surface area (Å²) in [5.74, 6) is 0. The highest BCUT2D eigenvalue weighted by Gasteiger charge is 2.30. The SMILES string of the molecule is OC(Cc1cccc(C(F)(F)F)c1)c1ccc(Cl)cc1. The number of alkyl halides is 3. The second kappa shape index (κ2) is 5.85. The van der Waals surface area contributed by atoms with Crippen molar-refractivity contribution in [2.45, 2.75) is 18.7 Å². The van der Waals surface area contributed by atoms with Gasteiger partial charge in [0.05, 0.1) is 11.7 Å². The van der Waals surface area contributed by atoms with Gasteiger partial charge in [0.1, 0.15) is 0 Å². The summed E-state index contributed by atoms with van der Waals surface area (Å²) in [5, 5.41) is 10.6. The van der Waals surface area contributed by atoms with E-state index in [2.05, 4.69) is 0 Å². The van der Waals surface area contributed by atoms with Crippen LogP contribution < -0.4 is 0 Å². The van der Waals surface area contributed by atoms with Crippen LogP contribution in [0.4, 0.5) is 13.2 Å². The summed E-state index contributed by atoms with van der Waals surface area (Å²) in [7, 11) is 0. The molecule has 1 nitrogen and oxygen atoms in total. The van der Waals surface area contributed by atoms with Crippen LogP contribution in [0.3, 0.4) is 0 Å². The lowest BCUT2D eigenvalue weighted by Gasteiger charge is -2.13. The first-order chi connectivity index (χ1) is 9.36. The van der Waals surface area contributed by atoms with Gasteiger partial charge in [-0.05, 0) is 29.3 Å². The van der Waals surface area contributed by atoms with E-state index in [0.29, 0.717) is 16.1 Å². The van der Waals surface area contributed by atoms with E-state index in [1.165, 1.54) is 6.07 Å². The molecule has 1 atom stereocenters. The van der Waals surface area contributed by atoms with Gasteiger partial charge in [0.15, 0.2) is 0 Å². The zero-order chi connectivity index (χ0) is 14.8. The van der Waals surface area contributed by atoms with E-state index in [0.717, 1.165) is 12.1 Å². The Morgan fingerprint density at radius 1 is 1.05 bits per heavy atom. The molecule has 0 bridgehead atoms. The molecule has 2 rings (SSSR count). The molecule has 20 heavy (non-hydrogen) atoms. The zero-order valence-electron chi connectivity index (χ0n) is 10.4. The van der Waals surface area contributed by atoms with Crippen molar-refractivity contribution < 1.29 is 18.3 Å². The smallest absolute Gasteiger partial charge is 0.388 e. The molecule has 0 aliphatic carbocycles. The van der Waals surface area contributed by atoms with Crippen LogP contribution in [0.15, 0.2) is 48.5 Å². The second-order valence-corrected chi connectivity index (χ2v) is 4.91. The van der Waals surface area contributed by atoms with Crippen molar-refractivity contribution in [3.05, 3.63) is 70.2 Å². The van der Waals surface area contributed by atoms with Crippen LogP contribution >= 0.6 is 11.6 Å². The van der Waals surface area contributed by atoms with E-state index < -0.39 is 17.8 Å². The average Bonchev–Trinajstić information content (AvgIpc) is 2.38. The zero-order valence-corrected chi connectivity index (χ0v) is 11.1. The molecular weight excluding hydrogens is 289 g/mol. The molecule has 0 fully saturated rings. The fourth-order valence-electron chi connectivity index (χ4n) is 1.90. The molecule has 2 aromatic carbocycles. The Bertz CT molecular complexity index is 578. The molecule has 1 N–H and O–H groups in total. The lowest BCUT2D eigenvalue weighted by atomic mass is 10.00. The fraction of sp³-hybridized carbons (Fsp3) is 0.200. The highest BCUT2D eigenvalue weighted by molar-refractivity contribution is 6.30. The molecule has 0 radical (unpaired) electrons. The van der Waals surface area contributed by atoms with Crippen molar-refractivity contribution in [3.8, 4) is 0 Å². The molecular formula is C15H12ClF3O. The second-order valence-electron chi connectivity index (χ2n) is 4.47. The number of benzene rings is 2. The van der Waals surface area contributed by atoms with Crippen molar-refractivity contribution in [2.24, 2.45) is 0 Å². The molecule has 0 amide bonds. The summed E-state index contributed by atoms with van der Waals surface area (Å²) in [5.41, 5.74) is 0.340. The van der Waals surface area contributed by atoms with Gasteiger partial charge >= 0.3 is 6.18 Å². The van der Waals surface area contributed by atoms with Gasteiger partial charge in [-0.2, -0.15) is 13.2 Å². The number of hydrogen-bond acceptors (Lipinski definition) is 1. The van der Waals surface area contributed by atoms with E-state index in [-0.39, 0.29) is 6.42 Å². The van der Waals surface area contributed by atoms with Crippen LogP contribution in [0.25, 0.3) is 0 Å². The van der Waals surface area contributed by atoms with Crippen molar-refractivity contribution in [1.82, 2.24) is 0 Å². The van der Waals surface area contributed by atoms with Crippen molar-refractivity contribution in [2.75, 3.05) is 0 Å². The Balaban J connectivity index is 2.15. The minimum atomic E-state index is -4.37. The maximum absolute atomic E-state index is 12.6. The van der Waals surface area contributed by atoms with E-state index in [4.69, 9.17) is 11.6 Å². The third kappa shape index (κ3) is 3.74. The first-order valence-corrected chi connectivity index (χ1v) is 6.34. The third-order valence-corrected chi connectivity index (χ3v) is 3.19. The lowest BCUT2D eigenvalue weighted by Crippen LogP contribution is -2.07. The Labute approximate surface area is 119 Å². The van der Waals surface area contributed by atoms with E-state index in [1.54, 1.807) is 30.3 Å². The van der Waals surface area contributed by atoms with E-state index in [1.807, 2.05) is 0 Å². The van der Waals surface area contributed by atoms with Gasteiger partial charge in [-0.25, -0.2) is 0 Å². The van der Waals surface area contributed by atoms with E-state index >= 15 is 0 Å². The monoisotopic (exact) mass is 300 g/mol. The van der Waals surface area contributed by atoms with Gasteiger partial charge in [-0.15, -0.1) is 0 Å². The number of aliphatic hydroxyl groups is 1. The number of halogens is 4. The van der Waals surface area contributed by atoms with Gasteiger partial charge in [0, 0.05) is 11.4 Å². The molecule has 0 heterocycles. The van der Waals surface area contributed by atoms with Crippen LogP contribution in [0.1, 0.15) is 22.8 Å². The van der Waals surface area contributed by atoms with Crippen molar-refractivity contribution in [3.63, 3.8) is 0 Å². The van der Waals surface area contributed by atoms with Crippen LogP contribution in [0, 0.1) is 0 Å². The summed E-state index contributed by atoms with van der Waals surface area (Å²) in [4.78, 5) is 0. The van der Waals surface area contributed by atoms with Gasteiger partial charge in [-0.1, -0.05) is 41.9 Å². The summed E-state index contributed by atoms with van der Waals surface area (Å²) in [6.07, 6.45) is -5.12. The normalized spacial score (nSPS) is 13.2. The van der Waals surface area contributed by atoms with E-state index in [9.17, 15) is 18.3 Å². The maximum atomic E-state index is 12.6. The Morgan fingerprint density at radius 3 is 2.30 bits per heavy atom. The standard InChI is InChI=1S/C15H12ClF3O/c16-13-6-4-11(5-7-13)14(20)9-10-2-1-3-12(8-10)15(17,18)19/h1-8,14,20H,9H2. The first-order valence-electron chi connectivity index (χ1n) is 5.96. The predicted molar refractivity (Wildman–Crippen MR) is 71.6 cm³/mol. The lowest BCUT2D eigenvalue weighted by molar-refractivity contribution is -0.137. The molecule has 0 aromatic heterocycles. The number of aliphatic hydroxyl groups excluding tert-OH is 1. The molecule has 0 saturated heterocycles. The molecule has 2 aromatic rings. The largest absolute Gasteiger partial charge is 0.416 e. The Kier molecular flexibility index (Phi) is 4.35. The van der Waals surface area contributed by atoms with Crippen molar-refractivity contribution >= 4 is 11.6 Å². The van der Waals surface area contributed by atoms with Crippen LogP contribution in [0.5, 0.6) is 0 Å². The van der Waals surface area contributed by atoms with Gasteiger partial charge in [-0.3, -0.25) is 0 Å². The summed E-state index contributed by atoms with van der Waals surface area (Å²) in [6.45, 7) is 0. The quantitative estimate of drug-likeness (QED) is 0.876. The summed E-state index contributed by atoms with van der Waals surface area (Å²) in [6, 6.07) is 11.5. The fourth-order valence-corrected chi connectivity index (χ4v) is 2.03. The molecule has 0 aliphatic rings. The predicted octanol–water partition coefficient (Wildman–Crippen LogP) is 4.63. The first kappa shape index (κ1) is 14.9. The highest BCUT2D eigenvalue weighted by atomic mass is 35.5. The Morgan fingerprint density at radius 2 is 1.70 bits per heavy atom. The number of rotatable bonds is 3. The average molecular weight is 301 g/mol. The van der Waals surface area contributed by atoms with Crippen LogP contribution in [-0.4, -0.2) is 5.11 Å². The Hall–Kier alpha value is -1.52. The minimum absolute atomic E-state index is 0.117. The molecule has 1 unspecified atom stereocenters. The van der Waals surface area contributed by atoms with Gasteiger partial charge < -0.3 is 5.11 Å². The molecule has 0 spiro atoms. The van der Waals surface area contributed by atoms with Gasteiger partial charge in [0.25, 0.3) is 0 Å². The molecule has 0 saturated carbocycles. The van der Waals surface area contributed by atoms with Gasteiger partial charge in [0.2, 0.25) is 0 Å². The van der Waals surface area contributed by atoms with Crippen LogP contribution in [-0.2, 0) is 12.6 Å². The topological polar surface area (TPSA) is 20.2 Å². The minimum Gasteiger partial charge on any atom is -0.388 e. The maximum Gasteiger partial charge on any atom is 0.416 e. The molecule has 0 aliphatic heterocycles. The van der Waals surface area contributed by atoms with Crippen molar-refractivity contribution in [1.29, 1.82) is 0 Å². The summed E-state index contributed by atoms with van der Waals surface area (Å²) < 4.78 is 37.8. The molecule has 106 valence electrons. The number of hydrogen-bond donors (Lipinski definition) is 1.